The van der Waals surface area contributed by atoms with Gasteiger partial charge < -0.3 is 20.1 Å². The van der Waals surface area contributed by atoms with Crippen LogP contribution in [-0.4, -0.2) is 50.3 Å². The number of unbranched alkanes of at least 4 members (excludes halogenated alkanes) is 2. The van der Waals surface area contributed by atoms with Gasteiger partial charge >= 0.3 is 35.0 Å². The van der Waals surface area contributed by atoms with E-state index in [-0.39, 0.29) is 27.9 Å². The quantitative estimate of drug-likeness (QED) is 0.215. The molecule has 0 heterocycles. The van der Waals surface area contributed by atoms with Crippen LogP contribution in [0.1, 0.15) is 53.4 Å². The molecule has 2 atom stereocenters. The maximum atomic E-state index is 11.6. The first-order chi connectivity index (χ1) is 11.9. The molecule has 0 fully saturated rings. The van der Waals surface area contributed by atoms with Crippen molar-refractivity contribution in [2.45, 2.75) is 65.5 Å². The number of hydrogen-bond acceptors (Lipinski definition) is 4. The molecule has 0 bridgehead atoms. The van der Waals surface area contributed by atoms with Gasteiger partial charge in [-0.25, -0.2) is 0 Å². The molecule has 0 aliphatic carbocycles. The van der Waals surface area contributed by atoms with Crippen LogP contribution < -0.4 is 0 Å². The molecular weight excluding hydrogens is 462 g/mol. The summed E-state index contributed by atoms with van der Waals surface area (Å²) < 4.78 is 10.2. The summed E-state index contributed by atoms with van der Waals surface area (Å²) in [7, 11) is 9.63. The fraction of sp³-hybridized carbons (Fsp3) is 0.875. The molecule has 0 rings (SSSR count). The fourth-order valence-electron chi connectivity index (χ4n) is 1.53. The summed E-state index contributed by atoms with van der Waals surface area (Å²) in [6.07, 6.45) is 3.71. The van der Waals surface area contributed by atoms with E-state index in [2.05, 4.69) is 10.6 Å². The van der Waals surface area contributed by atoms with Crippen molar-refractivity contribution >= 4 is 31.0 Å². The summed E-state index contributed by atoms with van der Waals surface area (Å²) in [5.74, 6) is -0.610. The van der Waals surface area contributed by atoms with Crippen LogP contribution in [0.2, 0.25) is 0 Å². The van der Waals surface area contributed by atoms with Crippen molar-refractivity contribution in [1.82, 2.24) is 0 Å². The Hall–Kier alpha value is 0.102. The fourth-order valence-corrected chi connectivity index (χ4v) is 1.53. The number of carbonyl (C=O) groups is 2. The van der Waals surface area contributed by atoms with Crippen LogP contribution in [0.15, 0.2) is 0 Å². The molecule has 9 heteroatoms. The molecule has 25 heavy (non-hydrogen) atoms. The van der Waals surface area contributed by atoms with Gasteiger partial charge in [0.05, 0.1) is 13.2 Å². The van der Waals surface area contributed by atoms with Crippen molar-refractivity contribution in [3.8, 4) is 0 Å². The average molecular weight is 492 g/mol. The Balaban J connectivity index is 0. The summed E-state index contributed by atoms with van der Waals surface area (Å²) in [6, 6.07) is -0.974. The Kier molecular flexibility index (Phi) is 22.3. The summed E-state index contributed by atoms with van der Waals surface area (Å²) in [4.78, 5) is 23.2. The number of esters is 2. The minimum atomic E-state index is -0.487. The van der Waals surface area contributed by atoms with Crippen LogP contribution in [0.3, 0.4) is 0 Å². The molecule has 0 spiro atoms. The second-order valence-corrected chi connectivity index (χ2v) is 7.61. The molecular formula is C16H30Cl2N2O4Pd-2. The van der Waals surface area contributed by atoms with Crippen molar-refractivity contribution in [1.29, 1.82) is 0 Å². The molecule has 0 aliphatic heterocycles. The van der Waals surface area contributed by atoms with Crippen molar-refractivity contribution in [3.63, 3.8) is 0 Å². The van der Waals surface area contributed by atoms with E-state index in [9.17, 15) is 9.59 Å². The molecule has 0 aromatic rings. The van der Waals surface area contributed by atoms with E-state index in [4.69, 9.17) is 28.5 Å². The molecule has 0 amide bonds. The van der Waals surface area contributed by atoms with Gasteiger partial charge in [-0.3, -0.25) is 9.59 Å². The molecule has 0 aliphatic rings. The van der Waals surface area contributed by atoms with Crippen LogP contribution in [0.5, 0.6) is 0 Å². The van der Waals surface area contributed by atoms with E-state index >= 15 is 0 Å². The Morgan fingerprint density at radius 3 is 1.48 bits per heavy atom. The SMILES string of the molecule is CCCCOC(=O)[C@H](C)[N-]CC[N-][C@@H](C)C(=O)OCCCC.[Cl][Pd][Cl]. The van der Waals surface area contributed by atoms with Gasteiger partial charge in [0.25, 0.3) is 11.9 Å². The zero-order valence-electron chi connectivity index (χ0n) is 15.4. The van der Waals surface area contributed by atoms with Gasteiger partial charge in [-0.05, 0) is 24.9 Å². The van der Waals surface area contributed by atoms with E-state index in [1.807, 2.05) is 13.8 Å². The van der Waals surface area contributed by atoms with Gasteiger partial charge in [-0.1, -0.05) is 40.5 Å². The summed E-state index contributed by atoms with van der Waals surface area (Å²) in [5, 5.41) is 8.38. The number of halogens is 2. The predicted octanol–water partition coefficient (Wildman–Crippen LogP) is 4.57. The predicted molar refractivity (Wildman–Crippen MR) is 98.8 cm³/mol. The van der Waals surface area contributed by atoms with Crippen LogP contribution in [0.4, 0.5) is 0 Å². The first kappa shape index (κ1) is 27.3. The number of nitrogens with zero attached hydrogens (tertiary/aromatic N) is 2. The van der Waals surface area contributed by atoms with Crippen molar-refractivity contribution < 1.29 is 35.0 Å². The molecule has 0 aromatic carbocycles. The number of ether oxygens (including phenoxy) is 2. The van der Waals surface area contributed by atoms with Gasteiger partial charge in [-0.2, -0.15) is 13.1 Å². The van der Waals surface area contributed by atoms with Gasteiger partial charge in [0, 0.05) is 0 Å². The summed E-state index contributed by atoms with van der Waals surface area (Å²) >= 11 is -0.106. The molecule has 154 valence electrons. The van der Waals surface area contributed by atoms with Crippen molar-refractivity contribution in [2.24, 2.45) is 0 Å². The third-order valence-corrected chi connectivity index (χ3v) is 3.07. The standard InChI is InChI=1S/C16H30N2O4.2ClH.Pd/c1-5-7-11-21-15(19)13(3)17-9-10-18-14(4)16(20)22-12-8-6-2;;;/h13-14H,5-12H2,1-4H3;2*1H;/q-2;;;+2/p-2/t13-,14-;;;/m0.../s1. The third kappa shape index (κ3) is 18.7. The van der Waals surface area contributed by atoms with Gasteiger partial charge in [0.2, 0.25) is 0 Å². The van der Waals surface area contributed by atoms with E-state index < -0.39 is 12.1 Å². The van der Waals surface area contributed by atoms with Crippen LogP contribution in [-0.2, 0) is 35.0 Å². The Morgan fingerprint density at radius 1 is 0.880 bits per heavy atom. The normalized spacial score (nSPS) is 12.7. The number of hydrogen-bond donors (Lipinski definition) is 0. The Morgan fingerprint density at radius 2 is 1.20 bits per heavy atom. The maximum absolute atomic E-state index is 11.6. The molecule has 0 N–H and O–H groups in total. The topological polar surface area (TPSA) is 80.8 Å². The first-order valence-corrected chi connectivity index (χ1v) is 12.4. The van der Waals surface area contributed by atoms with E-state index in [0.717, 1.165) is 25.7 Å². The van der Waals surface area contributed by atoms with Crippen LogP contribution in [0.25, 0.3) is 10.6 Å². The van der Waals surface area contributed by atoms with Crippen LogP contribution >= 0.6 is 19.1 Å². The Labute approximate surface area is 168 Å². The van der Waals surface area contributed by atoms with Crippen LogP contribution in [0, 0.1) is 0 Å². The molecule has 0 radical (unpaired) electrons. The first-order valence-electron chi connectivity index (χ1n) is 8.43. The average Bonchev–Trinajstić information content (AvgIpc) is 2.59. The molecule has 6 nitrogen and oxygen atoms in total. The molecule has 0 aromatic heterocycles. The zero-order valence-corrected chi connectivity index (χ0v) is 18.5. The monoisotopic (exact) mass is 490 g/mol. The second kappa shape index (κ2) is 20.4. The molecule has 0 saturated heterocycles. The van der Waals surface area contributed by atoms with Gasteiger partial charge in [-0.15, -0.1) is 0 Å². The summed E-state index contributed by atoms with van der Waals surface area (Å²) in [5.41, 5.74) is 0. The number of rotatable bonds is 13. The minimum absolute atomic E-state index is 0.106. The van der Waals surface area contributed by atoms with Gasteiger partial charge in [0.1, 0.15) is 0 Å². The van der Waals surface area contributed by atoms with E-state index in [1.54, 1.807) is 13.8 Å². The van der Waals surface area contributed by atoms with Crippen molar-refractivity contribution in [2.75, 3.05) is 26.3 Å². The van der Waals surface area contributed by atoms with E-state index in [0.29, 0.717) is 26.3 Å². The second-order valence-electron chi connectivity index (χ2n) is 5.25. The zero-order chi connectivity index (χ0) is 19.5. The molecule has 0 saturated carbocycles. The third-order valence-electron chi connectivity index (χ3n) is 3.07. The Bertz CT molecular complexity index is 309. The molecule has 0 unspecified atom stereocenters. The number of carbonyl (C=O) groups excluding carboxylic acids is 2. The van der Waals surface area contributed by atoms with Crippen molar-refractivity contribution in [3.05, 3.63) is 10.6 Å². The van der Waals surface area contributed by atoms with Gasteiger partial charge in [0.15, 0.2) is 0 Å². The summed E-state index contributed by atoms with van der Waals surface area (Å²) in [6.45, 7) is 9.18. The van der Waals surface area contributed by atoms with E-state index in [1.165, 1.54) is 0 Å².